The van der Waals surface area contributed by atoms with Crippen LogP contribution in [0.2, 0.25) is 0 Å². The standard InChI is InChI=1S/C14H10O3.C14H14O2.C5H8/c15-8-10-1-3-11(4-2-10)12-5-6-13-14(7-12)17-9-16-13;1-11-5-2-3-8-14(11)12-6-4-7-13(9-12)16-10-15;1-3-5-4-2/h1-8H,9H2;2-9,15H,10H2,1H3;3-5H,1H2,2H3/b;;5-4-. The fraction of sp³-hybridized carbons (Fsp3) is 0.121. The molecule has 4 aromatic rings. The molecule has 194 valence electrons. The molecule has 0 atom stereocenters. The number of hydrogen-bond acceptors (Lipinski definition) is 5. The topological polar surface area (TPSA) is 65.0 Å². The molecule has 38 heavy (non-hydrogen) atoms. The lowest BCUT2D eigenvalue weighted by Gasteiger charge is -2.08. The van der Waals surface area contributed by atoms with Crippen LogP contribution in [0.25, 0.3) is 22.3 Å². The predicted octanol–water partition coefficient (Wildman–Crippen LogP) is 7.63. The van der Waals surface area contributed by atoms with Crippen molar-refractivity contribution in [3.05, 3.63) is 127 Å². The monoisotopic (exact) mass is 508 g/mol. The van der Waals surface area contributed by atoms with Crippen LogP contribution in [0.3, 0.4) is 0 Å². The molecule has 1 aliphatic heterocycles. The molecule has 1 heterocycles. The number of carbonyl (C=O) groups excluding carboxylic acids is 1. The third kappa shape index (κ3) is 7.95. The number of aryl methyl sites for hydroxylation is 1. The molecule has 0 bridgehead atoms. The molecule has 5 heteroatoms. The lowest BCUT2D eigenvalue weighted by molar-refractivity contribution is 0.0986. The van der Waals surface area contributed by atoms with Gasteiger partial charge in [0.25, 0.3) is 0 Å². The Hall–Kier alpha value is -4.61. The zero-order chi connectivity index (χ0) is 27.2. The van der Waals surface area contributed by atoms with Crippen molar-refractivity contribution in [1.29, 1.82) is 0 Å². The SMILES string of the molecule is C=C/C=C\C.Cc1ccccc1-c1cccc(OCO)c1.O=Cc1ccc(-c2ccc3c(c2)OCO3)cc1. The largest absolute Gasteiger partial charge is 0.468 e. The quantitative estimate of drug-likeness (QED) is 0.165. The van der Waals surface area contributed by atoms with Gasteiger partial charge in [-0.25, -0.2) is 0 Å². The number of aliphatic hydroxyl groups excluding tert-OH is 1. The maximum Gasteiger partial charge on any atom is 0.231 e. The first kappa shape index (κ1) is 28.0. The lowest BCUT2D eigenvalue weighted by Crippen LogP contribution is -1.94. The van der Waals surface area contributed by atoms with E-state index in [1.54, 1.807) is 18.2 Å². The summed E-state index contributed by atoms with van der Waals surface area (Å²) in [5.41, 5.74) is 6.29. The number of allylic oxidation sites excluding steroid dienone is 3. The second kappa shape index (κ2) is 14.8. The maximum atomic E-state index is 10.6. The molecule has 4 aromatic carbocycles. The normalized spacial score (nSPS) is 11.0. The summed E-state index contributed by atoms with van der Waals surface area (Å²) in [6, 6.07) is 29.2. The molecule has 5 rings (SSSR count). The Morgan fingerprint density at radius 3 is 2.26 bits per heavy atom. The molecule has 1 N–H and O–H groups in total. The third-order valence-electron chi connectivity index (χ3n) is 5.60. The first-order chi connectivity index (χ1) is 18.6. The first-order valence-electron chi connectivity index (χ1n) is 12.2. The number of hydrogen-bond donors (Lipinski definition) is 1. The van der Waals surface area contributed by atoms with Crippen molar-refractivity contribution in [3.63, 3.8) is 0 Å². The maximum absolute atomic E-state index is 10.6. The van der Waals surface area contributed by atoms with Crippen LogP contribution in [0, 0.1) is 6.92 Å². The van der Waals surface area contributed by atoms with Crippen LogP contribution in [-0.4, -0.2) is 25.0 Å². The molecular weight excluding hydrogens is 476 g/mol. The van der Waals surface area contributed by atoms with Gasteiger partial charge in [-0.15, -0.1) is 0 Å². The fourth-order valence-corrected chi connectivity index (χ4v) is 3.69. The first-order valence-corrected chi connectivity index (χ1v) is 12.2. The molecule has 0 saturated heterocycles. The number of ether oxygens (including phenoxy) is 3. The van der Waals surface area contributed by atoms with Crippen molar-refractivity contribution in [2.75, 3.05) is 13.6 Å². The molecule has 1 aliphatic rings. The number of rotatable bonds is 6. The number of aliphatic hydroxyl groups is 1. The molecule has 0 aliphatic carbocycles. The van der Waals surface area contributed by atoms with Gasteiger partial charge in [0.1, 0.15) is 12.0 Å². The predicted molar refractivity (Wildman–Crippen MR) is 153 cm³/mol. The van der Waals surface area contributed by atoms with Gasteiger partial charge in [-0.2, -0.15) is 0 Å². The molecule has 0 aromatic heterocycles. The molecule has 0 radical (unpaired) electrons. The highest BCUT2D eigenvalue weighted by atomic mass is 16.7. The lowest BCUT2D eigenvalue weighted by atomic mass is 10.0. The van der Waals surface area contributed by atoms with E-state index in [-0.39, 0.29) is 13.6 Å². The average molecular weight is 509 g/mol. The Bertz CT molecular complexity index is 1360. The van der Waals surface area contributed by atoms with Crippen molar-refractivity contribution in [2.45, 2.75) is 13.8 Å². The van der Waals surface area contributed by atoms with Gasteiger partial charge in [0, 0.05) is 5.56 Å². The van der Waals surface area contributed by atoms with Crippen LogP contribution < -0.4 is 14.2 Å². The summed E-state index contributed by atoms with van der Waals surface area (Å²) in [5.74, 6) is 2.23. The van der Waals surface area contributed by atoms with Crippen LogP contribution in [-0.2, 0) is 0 Å². The minimum absolute atomic E-state index is 0.281. The highest BCUT2D eigenvalue weighted by molar-refractivity contribution is 5.77. The molecule has 5 nitrogen and oxygen atoms in total. The molecule has 0 fully saturated rings. The van der Waals surface area contributed by atoms with Crippen molar-refractivity contribution >= 4 is 6.29 Å². The Kier molecular flexibility index (Phi) is 10.9. The highest BCUT2D eigenvalue weighted by Crippen LogP contribution is 2.35. The van der Waals surface area contributed by atoms with Crippen molar-refractivity contribution in [2.24, 2.45) is 0 Å². The summed E-state index contributed by atoms with van der Waals surface area (Å²) in [4.78, 5) is 10.6. The molecule has 0 amide bonds. The Morgan fingerprint density at radius 2 is 1.61 bits per heavy atom. The molecule has 0 unspecified atom stereocenters. The second-order valence-corrected chi connectivity index (χ2v) is 8.19. The smallest absolute Gasteiger partial charge is 0.231 e. The van der Waals surface area contributed by atoms with E-state index in [1.165, 1.54) is 11.1 Å². The zero-order valence-electron chi connectivity index (χ0n) is 21.7. The van der Waals surface area contributed by atoms with Crippen LogP contribution in [0.15, 0.2) is 116 Å². The van der Waals surface area contributed by atoms with E-state index in [2.05, 4.69) is 25.6 Å². The van der Waals surface area contributed by atoms with Crippen LogP contribution in [0.4, 0.5) is 0 Å². The molecule has 0 saturated carbocycles. The Labute approximate surface area is 224 Å². The van der Waals surface area contributed by atoms with Crippen molar-refractivity contribution < 1.29 is 24.1 Å². The number of carbonyl (C=O) groups is 1. The highest BCUT2D eigenvalue weighted by Gasteiger charge is 2.13. The van der Waals surface area contributed by atoms with Gasteiger partial charge in [0.2, 0.25) is 6.79 Å². The van der Waals surface area contributed by atoms with E-state index in [1.807, 2.05) is 85.8 Å². The summed E-state index contributed by atoms with van der Waals surface area (Å²) in [6.07, 6.45) is 6.41. The second-order valence-electron chi connectivity index (χ2n) is 8.19. The van der Waals surface area contributed by atoms with Crippen LogP contribution in [0.5, 0.6) is 17.2 Å². The van der Waals surface area contributed by atoms with Crippen LogP contribution in [0.1, 0.15) is 22.8 Å². The Balaban J connectivity index is 0.000000180. The van der Waals surface area contributed by atoms with Gasteiger partial charge >= 0.3 is 0 Å². The third-order valence-corrected chi connectivity index (χ3v) is 5.60. The van der Waals surface area contributed by atoms with E-state index in [9.17, 15) is 4.79 Å². The minimum atomic E-state index is -0.294. The average Bonchev–Trinajstić information content (AvgIpc) is 3.43. The Morgan fingerprint density at radius 1 is 0.868 bits per heavy atom. The minimum Gasteiger partial charge on any atom is -0.468 e. The van der Waals surface area contributed by atoms with Crippen molar-refractivity contribution in [1.82, 2.24) is 0 Å². The van der Waals surface area contributed by atoms with Gasteiger partial charge < -0.3 is 19.3 Å². The van der Waals surface area contributed by atoms with Gasteiger partial charge in [-0.3, -0.25) is 4.79 Å². The van der Waals surface area contributed by atoms with Gasteiger partial charge in [0.15, 0.2) is 18.3 Å². The summed E-state index contributed by atoms with van der Waals surface area (Å²) < 4.78 is 15.6. The molecular formula is C33H32O5. The van der Waals surface area contributed by atoms with Gasteiger partial charge in [-0.1, -0.05) is 91.5 Å². The summed E-state index contributed by atoms with van der Waals surface area (Å²) >= 11 is 0. The summed E-state index contributed by atoms with van der Waals surface area (Å²) in [6.45, 7) is 7.49. The number of benzene rings is 4. The van der Waals surface area contributed by atoms with Crippen molar-refractivity contribution in [3.8, 4) is 39.5 Å². The van der Waals surface area contributed by atoms with E-state index >= 15 is 0 Å². The summed E-state index contributed by atoms with van der Waals surface area (Å²) in [5, 5.41) is 8.71. The molecule has 0 spiro atoms. The van der Waals surface area contributed by atoms with Gasteiger partial charge in [-0.05, 0) is 65.9 Å². The van der Waals surface area contributed by atoms with E-state index in [4.69, 9.17) is 19.3 Å². The number of fused-ring (bicyclic) bond motifs is 1. The van der Waals surface area contributed by atoms with Crippen LogP contribution >= 0.6 is 0 Å². The van der Waals surface area contributed by atoms with E-state index < -0.39 is 0 Å². The van der Waals surface area contributed by atoms with E-state index in [0.717, 1.165) is 34.5 Å². The van der Waals surface area contributed by atoms with E-state index in [0.29, 0.717) is 11.3 Å². The van der Waals surface area contributed by atoms with Gasteiger partial charge in [0.05, 0.1) is 0 Å². The number of aldehydes is 1. The summed E-state index contributed by atoms with van der Waals surface area (Å²) in [7, 11) is 0. The fourth-order valence-electron chi connectivity index (χ4n) is 3.69. The zero-order valence-corrected chi connectivity index (χ0v) is 21.7.